The molecule has 112 valence electrons. The van der Waals surface area contributed by atoms with Gasteiger partial charge in [0.25, 0.3) is 0 Å². The summed E-state index contributed by atoms with van der Waals surface area (Å²) in [6.45, 7) is 2.09. The first-order valence-electron chi connectivity index (χ1n) is 7.18. The molecule has 0 spiro atoms. The summed E-state index contributed by atoms with van der Waals surface area (Å²) in [5, 5.41) is 1.97. The minimum atomic E-state index is 0.546. The van der Waals surface area contributed by atoms with Gasteiger partial charge >= 0.3 is 0 Å². The molecule has 0 bridgehead atoms. The molecule has 0 saturated carbocycles. The number of allylic oxidation sites excluding steroid dienone is 4. The summed E-state index contributed by atoms with van der Waals surface area (Å²) in [6.07, 6.45) is 4.05. The fourth-order valence-electron chi connectivity index (χ4n) is 2.68. The summed E-state index contributed by atoms with van der Waals surface area (Å²) in [5.74, 6) is 0. The molecule has 0 aliphatic heterocycles. The van der Waals surface area contributed by atoms with E-state index in [1.54, 1.807) is 0 Å². The van der Waals surface area contributed by atoms with Gasteiger partial charge in [0.2, 0.25) is 0 Å². The van der Waals surface area contributed by atoms with E-state index in [0.717, 1.165) is 34.6 Å². The van der Waals surface area contributed by atoms with Crippen LogP contribution in [0.3, 0.4) is 0 Å². The van der Waals surface area contributed by atoms with Crippen LogP contribution in [0.25, 0.3) is 11.1 Å². The first kappa shape index (κ1) is 15.7. The van der Waals surface area contributed by atoms with Gasteiger partial charge in [-0.25, -0.2) is 0 Å². The van der Waals surface area contributed by atoms with Crippen LogP contribution in [0.2, 0.25) is 10.0 Å². The fourth-order valence-corrected chi connectivity index (χ4v) is 3.29. The topological polar surface area (TPSA) is 0 Å². The molecule has 3 rings (SSSR count). The molecular formula is C19H15Cl3. The molecule has 0 saturated heterocycles. The van der Waals surface area contributed by atoms with E-state index in [4.69, 9.17) is 34.8 Å². The van der Waals surface area contributed by atoms with Crippen molar-refractivity contribution in [1.29, 1.82) is 0 Å². The van der Waals surface area contributed by atoms with Crippen LogP contribution in [0.4, 0.5) is 0 Å². The Morgan fingerprint density at radius 1 is 0.818 bits per heavy atom. The molecule has 2 aromatic carbocycles. The van der Waals surface area contributed by atoms with Crippen molar-refractivity contribution < 1.29 is 0 Å². The van der Waals surface area contributed by atoms with Gasteiger partial charge in [0, 0.05) is 10.6 Å². The number of hydrogen-bond acceptors (Lipinski definition) is 0. The summed E-state index contributed by atoms with van der Waals surface area (Å²) < 4.78 is 0. The van der Waals surface area contributed by atoms with Crippen LogP contribution in [0.1, 0.15) is 29.5 Å². The monoisotopic (exact) mass is 348 g/mol. The zero-order valence-electron chi connectivity index (χ0n) is 12.2. The van der Waals surface area contributed by atoms with Gasteiger partial charge in [-0.15, -0.1) is 0 Å². The van der Waals surface area contributed by atoms with Crippen LogP contribution >= 0.6 is 34.8 Å². The van der Waals surface area contributed by atoms with Crippen molar-refractivity contribution in [3.8, 4) is 0 Å². The quantitative estimate of drug-likeness (QED) is 0.541. The summed E-state index contributed by atoms with van der Waals surface area (Å²) in [4.78, 5) is 0. The highest BCUT2D eigenvalue weighted by Gasteiger charge is 2.19. The van der Waals surface area contributed by atoms with Gasteiger partial charge in [-0.05, 0) is 48.6 Å². The van der Waals surface area contributed by atoms with Crippen molar-refractivity contribution in [2.24, 2.45) is 0 Å². The zero-order chi connectivity index (χ0) is 15.7. The van der Waals surface area contributed by atoms with Gasteiger partial charge in [-0.3, -0.25) is 0 Å². The largest absolute Gasteiger partial charge is 0.0884 e. The van der Waals surface area contributed by atoms with E-state index in [-0.39, 0.29) is 0 Å². The highest BCUT2D eigenvalue weighted by molar-refractivity contribution is 6.42. The normalized spacial score (nSPS) is 15.0. The van der Waals surface area contributed by atoms with E-state index >= 15 is 0 Å². The molecule has 1 aliphatic rings. The van der Waals surface area contributed by atoms with Gasteiger partial charge in [-0.1, -0.05) is 76.8 Å². The second-order valence-electron chi connectivity index (χ2n) is 5.43. The first-order chi connectivity index (χ1) is 10.6. The van der Waals surface area contributed by atoms with Crippen LogP contribution in [-0.4, -0.2) is 0 Å². The van der Waals surface area contributed by atoms with Gasteiger partial charge in [0.05, 0.1) is 10.0 Å². The Balaban J connectivity index is 2.11. The lowest BCUT2D eigenvalue weighted by molar-refractivity contribution is 1.03. The Kier molecular flexibility index (Phi) is 4.63. The number of benzene rings is 2. The zero-order valence-corrected chi connectivity index (χ0v) is 14.4. The lowest BCUT2D eigenvalue weighted by Crippen LogP contribution is -1.98. The van der Waals surface area contributed by atoms with Gasteiger partial charge in [0.15, 0.2) is 0 Å². The number of rotatable bonds is 2. The maximum atomic E-state index is 6.55. The van der Waals surface area contributed by atoms with Gasteiger partial charge in [-0.2, -0.15) is 0 Å². The lowest BCUT2D eigenvalue weighted by Gasteiger charge is -2.20. The minimum absolute atomic E-state index is 0.546. The fraction of sp³-hybridized carbons (Fsp3) is 0.158. The molecule has 0 fully saturated rings. The SMILES string of the molecule is Cc1ccc(C2=CCCC(Cl)=C2c2ccc(Cl)c(Cl)c2)cc1. The third-order valence-corrected chi connectivity index (χ3v) is 4.94. The Morgan fingerprint density at radius 3 is 2.18 bits per heavy atom. The van der Waals surface area contributed by atoms with Crippen LogP contribution in [-0.2, 0) is 0 Å². The highest BCUT2D eigenvalue weighted by Crippen LogP contribution is 2.41. The number of halogens is 3. The van der Waals surface area contributed by atoms with Crippen LogP contribution in [0.15, 0.2) is 53.6 Å². The molecular weight excluding hydrogens is 335 g/mol. The summed E-state index contributed by atoms with van der Waals surface area (Å²) >= 11 is 18.8. The van der Waals surface area contributed by atoms with E-state index < -0.39 is 0 Å². The average molecular weight is 350 g/mol. The Hall–Kier alpha value is -1.21. The van der Waals surface area contributed by atoms with Crippen molar-refractivity contribution in [3.05, 3.63) is 80.3 Å². The molecule has 0 N–H and O–H groups in total. The third kappa shape index (κ3) is 3.10. The molecule has 0 heterocycles. The summed E-state index contributed by atoms with van der Waals surface area (Å²) in [6, 6.07) is 14.2. The number of aryl methyl sites for hydroxylation is 1. The smallest absolute Gasteiger partial charge is 0.0598 e. The molecule has 0 radical (unpaired) electrons. The predicted octanol–water partition coefficient (Wildman–Crippen LogP) is 7.13. The minimum Gasteiger partial charge on any atom is -0.0884 e. The molecule has 2 aromatic rings. The predicted molar refractivity (Wildman–Crippen MR) is 97.6 cm³/mol. The Morgan fingerprint density at radius 2 is 1.50 bits per heavy atom. The lowest BCUT2D eigenvalue weighted by atomic mass is 9.87. The Labute approximate surface area is 146 Å². The van der Waals surface area contributed by atoms with Crippen molar-refractivity contribution in [2.45, 2.75) is 19.8 Å². The first-order valence-corrected chi connectivity index (χ1v) is 8.31. The van der Waals surface area contributed by atoms with Crippen molar-refractivity contribution in [3.63, 3.8) is 0 Å². The van der Waals surface area contributed by atoms with E-state index in [0.29, 0.717) is 10.0 Å². The van der Waals surface area contributed by atoms with Crippen molar-refractivity contribution >= 4 is 45.9 Å². The van der Waals surface area contributed by atoms with E-state index in [9.17, 15) is 0 Å². The standard InChI is InChI=1S/C19H15Cl3/c1-12-5-7-13(8-6-12)15-3-2-4-17(21)19(15)14-9-10-16(20)18(22)11-14/h3,5-11H,2,4H2,1H3. The molecule has 3 heteroatoms. The van der Waals surface area contributed by atoms with Gasteiger partial charge < -0.3 is 0 Å². The van der Waals surface area contributed by atoms with E-state index in [2.05, 4.69) is 37.3 Å². The molecule has 0 atom stereocenters. The molecule has 0 nitrogen and oxygen atoms in total. The second-order valence-corrected chi connectivity index (χ2v) is 6.70. The van der Waals surface area contributed by atoms with Crippen molar-refractivity contribution in [2.75, 3.05) is 0 Å². The number of hydrogen-bond donors (Lipinski definition) is 0. The van der Waals surface area contributed by atoms with E-state index in [1.807, 2.05) is 18.2 Å². The molecule has 22 heavy (non-hydrogen) atoms. The average Bonchev–Trinajstić information content (AvgIpc) is 2.51. The maximum absolute atomic E-state index is 6.55. The van der Waals surface area contributed by atoms with Crippen LogP contribution < -0.4 is 0 Å². The maximum Gasteiger partial charge on any atom is 0.0598 e. The summed E-state index contributed by atoms with van der Waals surface area (Å²) in [5.41, 5.74) is 5.63. The molecule has 0 aromatic heterocycles. The van der Waals surface area contributed by atoms with Crippen molar-refractivity contribution in [1.82, 2.24) is 0 Å². The molecule has 0 unspecified atom stereocenters. The third-order valence-electron chi connectivity index (χ3n) is 3.82. The highest BCUT2D eigenvalue weighted by atomic mass is 35.5. The van der Waals surface area contributed by atoms with Gasteiger partial charge in [0.1, 0.15) is 0 Å². The van der Waals surface area contributed by atoms with Crippen LogP contribution in [0, 0.1) is 6.92 Å². The molecule has 0 amide bonds. The Bertz CT molecular complexity index is 768. The van der Waals surface area contributed by atoms with Crippen LogP contribution in [0.5, 0.6) is 0 Å². The second kappa shape index (κ2) is 6.50. The van der Waals surface area contributed by atoms with E-state index in [1.165, 1.54) is 11.1 Å². The summed E-state index contributed by atoms with van der Waals surface area (Å²) in [7, 11) is 0. The molecule has 1 aliphatic carbocycles.